The van der Waals surface area contributed by atoms with Gasteiger partial charge in [0.2, 0.25) is 0 Å². The summed E-state index contributed by atoms with van der Waals surface area (Å²) in [7, 11) is 1.56. The number of hydrogen-bond donors (Lipinski definition) is 0. The van der Waals surface area contributed by atoms with Crippen LogP contribution in [0.2, 0.25) is 0 Å². The van der Waals surface area contributed by atoms with Gasteiger partial charge in [0.1, 0.15) is 35.0 Å². The molecule has 4 saturated heterocycles. The number of hydrogen-bond acceptors (Lipinski definition) is 10. The molecule has 1 amide bonds. The zero-order valence-corrected chi connectivity index (χ0v) is 29.3. The lowest BCUT2D eigenvalue weighted by Gasteiger charge is -2.42. The van der Waals surface area contributed by atoms with E-state index in [0.29, 0.717) is 42.2 Å². The zero-order chi connectivity index (χ0) is 34.6. The molecular weight excluding hydrogens is 639 g/mol. The second-order valence-electron chi connectivity index (χ2n) is 15.1. The van der Waals surface area contributed by atoms with E-state index < -0.39 is 11.4 Å². The number of piperazine rings is 1. The van der Waals surface area contributed by atoms with E-state index in [0.717, 1.165) is 62.4 Å². The average Bonchev–Trinajstić information content (AvgIpc) is 3.76. The molecule has 4 aliphatic heterocycles. The number of benzene rings is 2. The van der Waals surface area contributed by atoms with Gasteiger partial charge in [0.25, 0.3) is 0 Å². The van der Waals surface area contributed by atoms with Crippen molar-refractivity contribution < 1.29 is 28.1 Å². The Hall–Kier alpha value is -4.29. The van der Waals surface area contributed by atoms with Crippen molar-refractivity contribution in [2.24, 2.45) is 0 Å². The highest BCUT2D eigenvalue weighted by molar-refractivity contribution is 6.00. The van der Waals surface area contributed by atoms with Crippen LogP contribution < -0.4 is 14.4 Å². The predicted octanol–water partition coefficient (Wildman–Crippen LogP) is 6.56. The SMILES string of the molecule is COCOc1cc(-c2ncc3c(N4C[C@H]5CC[C@@H](C4)N5C(=O)OC(C)(C)C)nc(OCC45CCCN4CCC5)nc3c2F)c2ccccc2c1. The molecule has 2 atom stereocenters. The normalized spacial score (nSPS) is 21.6. The molecular formula is C38H45FN6O5. The Morgan fingerprint density at radius 1 is 1.00 bits per heavy atom. The summed E-state index contributed by atoms with van der Waals surface area (Å²) < 4.78 is 40.2. The van der Waals surface area contributed by atoms with Gasteiger partial charge in [-0.05, 0) is 95.3 Å². The summed E-state index contributed by atoms with van der Waals surface area (Å²) in [6, 6.07) is 11.5. The Morgan fingerprint density at radius 2 is 1.74 bits per heavy atom. The Labute approximate surface area is 291 Å². The van der Waals surface area contributed by atoms with E-state index in [1.54, 1.807) is 19.4 Å². The van der Waals surface area contributed by atoms with Gasteiger partial charge in [0.05, 0.1) is 23.0 Å². The second-order valence-corrected chi connectivity index (χ2v) is 15.1. The van der Waals surface area contributed by atoms with E-state index in [2.05, 4.69) is 9.80 Å². The number of rotatable bonds is 8. The fourth-order valence-corrected chi connectivity index (χ4v) is 8.55. The van der Waals surface area contributed by atoms with Crippen LogP contribution in [0.15, 0.2) is 42.6 Å². The van der Waals surface area contributed by atoms with Crippen molar-refractivity contribution in [1.29, 1.82) is 0 Å². The van der Waals surface area contributed by atoms with Crippen molar-refractivity contribution in [2.75, 3.05) is 51.6 Å². The summed E-state index contributed by atoms with van der Waals surface area (Å²) >= 11 is 0. The largest absolute Gasteiger partial charge is 0.468 e. The van der Waals surface area contributed by atoms with Crippen molar-refractivity contribution in [3.05, 3.63) is 48.4 Å². The predicted molar refractivity (Wildman–Crippen MR) is 188 cm³/mol. The van der Waals surface area contributed by atoms with Crippen LogP contribution in [0.4, 0.5) is 15.0 Å². The van der Waals surface area contributed by atoms with Gasteiger partial charge in [0, 0.05) is 32.0 Å². The smallest absolute Gasteiger partial charge is 0.410 e. The first-order chi connectivity index (χ1) is 24.1. The maximum Gasteiger partial charge on any atom is 0.410 e. The van der Waals surface area contributed by atoms with Crippen LogP contribution in [0.5, 0.6) is 11.8 Å². The minimum Gasteiger partial charge on any atom is -0.468 e. The highest BCUT2D eigenvalue weighted by Gasteiger charge is 2.46. The van der Waals surface area contributed by atoms with Crippen molar-refractivity contribution in [2.45, 2.75) is 82.5 Å². The number of nitrogens with zero attached hydrogens (tertiary/aromatic N) is 6. The monoisotopic (exact) mass is 684 g/mol. The molecule has 4 aliphatic rings. The van der Waals surface area contributed by atoms with Gasteiger partial charge >= 0.3 is 12.1 Å². The van der Waals surface area contributed by atoms with Gasteiger partial charge < -0.3 is 23.8 Å². The number of methoxy groups -OCH3 is 1. The fraction of sp³-hybridized carbons (Fsp3) is 0.526. The standard InChI is InChI=1S/C38H45FN6O5/c1-37(2,3)50-36(46)45-25-11-12-26(45)21-43(20-25)34-30-19-40-32(29-18-27(49-23-47-4)17-24-9-5-6-10-28(24)29)31(39)33(30)41-35(42-34)48-22-38-13-7-15-44(38)16-8-14-38/h5-6,9-10,17-19,25-26H,7-8,11-16,20-23H2,1-4H3/t25-,26+. The first kappa shape index (κ1) is 32.9. The van der Waals surface area contributed by atoms with Crippen molar-refractivity contribution in [3.63, 3.8) is 0 Å². The topological polar surface area (TPSA) is 102 Å². The zero-order valence-electron chi connectivity index (χ0n) is 29.3. The minimum atomic E-state index is -0.585. The highest BCUT2D eigenvalue weighted by atomic mass is 19.1. The summed E-state index contributed by atoms with van der Waals surface area (Å²) in [6.07, 6.45) is 7.51. The highest BCUT2D eigenvalue weighted by Crippen LogP contribution is 2.41. The molecule has 2 aromatic heterocycles. The van der Waals surface area contributed by atoms with Gasteiger partial charge in [-0.25, -0.2) is 9.18 Å². The average molecular weight is 685 g/mol. The van der Waals surface area contributed by atoms with Crippen molar-refractivity contribution in [3.8, 4) is 23.0 Å². The van der Waals surface area contributed by atoms with Crippen LogP contribution in [0, 0.1) is 5.82 Å². The number of amides is 1. The summed E-state index contributed by atoms with van der Waals surface area (Å²) in [5.41, 5.74) is 0.291. The number of aromatic nitrogens is 3. The number of anilines is 1. The van der Waals surface area contributed by atoms with E-state index in [9.17, 15) is 4.79 Å². The van der Waals surface area contributed by atoms with Gasteiger partial charge in [-0.1, -0.05) is 24.3 Å². The van der Waals surface area contributed by atoms with E-state index >= 15 is 4.39 Å². The molecule has 50 heavy (non-hydrogen) atoms. The Balaban J connectivity index is 1.20. The van der Waals surface area contributed by atoms with Crippen LogP contribution >= 0.6 is 0 Å². The molecule has 12 heteroatoms. The molecule has 264 valence electrons. The van der Waals surface area contributed by atoms with Crippen LogP contribution in [-0.4, -0.2) is 101 Å². The Morgan fingerprint density at radius 3 is 2.46 bits per heavy atom. The van der Waals surface area contributed by atoms with Crippen molar-refractivity contribution in [1.82, 2.24) is 24.8 Å². The van der Waals surface area contributed by atoms with E-state index in [4.69, 9.17) is 33.9 Å². The summed E-state index contributed by atoms with van der Waals surface area (Å²) in [6.45, 7) is 9.38. The third kappa shape index (κ3) is 5.96. The molecule has 4 aromatic rings. The first-order valence-corrected chi connectivity index (χ1v) is 17.8. The minimum absolute atomic E-state index is 0.0276. The first-order valence-electron chi connectivity index (χ1n) is 17.8. The van der Waals surface area contributed by atoms with Crippen molar-refractivity contribution >= 4 is 33.6 Å². The van der Waals surface area contributed by atoms with Gasteiger partial charge in [-0.15, -0.1) is 0 Å². The Bertz CT molecular complexity index is 1910. The lowest BCUT2D eigenvalue weighted by atomic mass is 9.95. The fourth-order valence-electron chi connectivity index (χ4n) is 8.55. The molecule has 0 aliphatic carbocycles. The summed E-state index contributed by atoms with van der Waals surface area (Å²) in [5, 5.41) is 2.23. The third-order valence-corrected chi connectivity index (χ3v) is 10.7. The summed E-state index contributed by atoms with van der Waals surface area (Å²) in [5.74, 6) is 0.560. The number of fused-ring (bicyclic) bond motifs is 5. The number of pyridine rings is 1. The molecule has 2 aromatic carbocycles. The third-order valence-electron chi connectivity index (χ3n) is 10.7. The van der Waals surface area contributed by atoms with E-state index in [1.807, 2.05) is 56.0 Å². The van der Waals surface area contributed by atoms with Crippen LogP contribution in [-0.2, 0) is 9.47 Å². The van der Waals surface area contributed by atoms with Crippen LogP contribution in [0.1, 0.15) is 59.3 Å². The lowest BCUT2D eigenvalue weighted by molar-refractivity contribution is 0.0122. The molecule has 0 radical (unpaired) electrons. The summed E-state index contributed by atoms with van der Waals surface area (Å²) in [4.78, 5) is 34.2. The molecule has 0 saturated carbocycles. The lowest BCUT2D eigenvalue weighted by Crippen LogP contribution is -2.57. The molecule has 8 rings (SSSR count). The van der Waals surface area contributed by atoms with Crippen LogP contribution in [0.25, 0.3) is 32.9 Å². The number of ether oxygens (including phenoxy) is 4. The molecule has 11 nitrogen and oxygen atoms in total. The van der Waals surface area contributed by atoms with E-state index in [-0.39, 0.29) is 47.7 Å². The van der Waals surface area contributed by atoms with Crippen LogP contribution in [0.3, 0.4) is 0 Å². The molecule has 0 spiro atoms. The maximum atomic E-state index is 17.1. The Kier molecular flexibility index (Phi) is 8.42. The maximum absolute atomic E-state index is 17.1. The molecule has 6 heterocycles. The number of carbonyl (C=O) groups is 1. The number of carbonyl (C=O) groups excluding carboxylic acids is 1. The molecule has 4 fully saturated rings. The quantitative estimate of drug-likeness (QED) is 0.190. The molecule has 0 unspecified atom stereocenters. The van der Waals surface area contributed by atoms with Gasteiger partial charge in [-0.3, -0.25) is 14.8 Å². The van der Waals surface area contributed by atoms with Gasteiger partial charge in [0.15, 0.2) is 12.6 Å². The van der Waals surface area contributed by atoms with E-state index in [1.165, 1.54) is 0 Å². The molecule has 0 N–H and O–H groups in total. The number of halogens is 1. The van der Waals surface area contributed by atoms with Gasteiger partial charge in [-0.2, -0.15) is 9.97 Å². The molecule has 2 bridgehead atoms. The second kappa shape index (κ2) is 12.8.